The van der Waals surface area contributed by atoms with Crippen LogP contribution in [0.2, 0.25) is 5.15 Å². The minimum atomic E-state index is -1.55. The molecule has 1 aromatic rings. The lowest BCUT2D eigenvalue weighted by molar-refractivity contribution is 0.425. The average Bonchev–Trinajstić information content (AvgIpc) is 2.07. The minimum Gasteiger partial charge on any atom is -0.423 e. The van der Waals surface area contributed by atoms with Gasteiger partial charge in [0.05, 0.1) is 0 Å². The van der Waals surface area contributed by atoms with Gasteiger partial charge in [0.15, 0.2) is 0 Å². The average molecular weight is 201 g/mol. The number of nitrogens with zero attached hydrogens (tertiary/aromatic N) is 1. The van der Waals surface area contributed by atoms with E-state index in [2.05, 4.69) is 4.98 Å². The maximum Gasteiger partial charge on any atom is 0.491 e. The zero-order valence-corrected chi connectivity index (χ0v) is 8.71. The van der Waals surface area contributed by atoms with Crippen LogP contribution in [0.25, 0.3) is 0 Å². The molecular formula is C8H13BClNO2. The summed E-state index contributed by atoms with van der Waals surface area (Å²) in [4.78, 5) is 3.84. The maximum atomic E-state index is 8.73. The highest BCUT2D eigenvalue weighted by molar-refractivity contribution is 6.62. The van der Waals surface area contributed by atoms with E-state index in [0.29, 0.717) is 0 Å². The summed E-state index contributed by atoms with van der Waals surface area (Å²) in [5.74, 6) is 0. The number of rotatable bonds is 1. The van der Waals surface area contributed by atoms with E-state index in [0.717, 1.165) is 5.69 Å². The van der Waals surface area contributed by atoms with E-state index in [-0.39, 0.29) is 10.6 Å². The second-order valence-electron chi connectivity index (χ2n) is 2.21. The Kier molecular flexibility index (Phi) is 5.70. The summed E-state index contributed by atoms with van der Waals surface area (Å²) in [6.45, 7) is 5.78. The van der Waals surface area contributed by atoms with Gasteiger partial charge in [-0.15, -0.1) is 0 Å². The van der Waals surface area contributed by atoms with Crippen LogP contribution in [-0.4, -0.2) is 22.2 Å². The van der Waals surface area contributed by atoms with Crippen molar-refractivity contribution >= 4 is 24.2 Å². The topological polar surface area (TPSA) is 53.4 Å². The second kappa shape index (κ2) is 5.97. The van der Waals surface area contributed by atoms with E-state index < -0.39 is 7.12 Å². The van der Waals surface area contributed by atoms with Crippen LogP contribution in [0.5, 0.6) is 0 Å². The Morgan fingerprint density at radius 1 is 1.31 bits per heavy atom. The van der Waals surface area contributed by atoms with Crippen LogP contribution in [0.4, 0.5) is 0 Å². The smallest absolute Gasteiger partial charge is 0.423 e. The number of hydrogen-bond acceptors (Lipinski definition) is 3. The lowest BCUT2D eigenvalue weighted by atomic mass is 9.81. The SMILES string of the molecule is CC.Cc1ccc(B(O)O)c(Cl)n1. The normalized spacial score (nSPS) is 8.77. The van der Waals surface area contributed by atoms with Gasteiger partial charge in [-0.1, -0.05) is 31.5 Å². The van der Waals surface area contributed by atoms with Gasteiger partial charge in [0.25, 0.3) is 0 Å². The summed E-state index contributed by atoms with van der Waals surface area (Å²) in [6, 6.07) is 3.20. The van der Waals surface area contributed by atoms with Gasteiger partial charge in [-0.3, -0.25) is 0 Å². The Balaban J connectivity index is 0.000000671. The predicted molar refractivity (Wildman–Crippen MR) is 55.2 cm³/mol. The van der Waals surface area contributed by atoms with Gasteiger partial charge in [0, 0.05) is 11.2 Å². The molecule has 0 radical (unpaired) electrons. The number of aryl methyl sites for hydroxylation is 1. The fraction of sp³-hybridized carbons (Fsp3) is 0.375. The van der Waals surface area contributed by atoms with Gasteiger partial charge in [-0.2, -0.15) is 0 Å². The minimum absolute atomic E-state index is 0.139. The number of aromatic nitrogens is 1. The molecule has 0 atom stereocenters. The van der Waals surface area contributed by atoms with Gasteiger partial charge in [-0.25, -0.2) is 4.98 Å². The van der Waals surface area contributed by atoms with Gasteiger partial charge in [0.2, 0.25) is 0 Å². The van der Waals surface area contributed by atoms with Gasteiger partial charge >= 0.3 is 7.12 Å². The Morgan fingerprint density at radius 3 is 2.23 bits per heavy atom. The van der Waals surface area contributed by atoms with E-state index in [1.165, 1.54) is 6.07 Å². The highest BCUT2D eigenvalue weighted by Gasteiger charge is 2.15. The van der Waals surface area contributed by atoms with Crippen molar-refractivity contribution in [3.8, 4) is 0 Å². The zero-order valence-electron chi connectivity index (χ0n) is 7.95. The van der Waals surface area contributed by atoms with Crippen molar-refractivity contribution in [2.45, 2.75) is 20.8 Å². The Bertz CT molecular complexity index is 268. The number of hydrogen-bond donors (Lipinski definition) is 2. The number of halogens is 1. The van der Waals surface area contributed by atoms with Gasteiger partial charge in [-0.05, 0) is 13.0 Å². The molecule has 13 heavy (non-hydrogen) atoms. The summed E-state index contributed by atoms with van der Waals surface area (Å²) >= 11 is 5.59. The zero-order chi connectivity index (χ0) is 10.4. The van der Waals surface area contributed by atoms with Crippen molar-refractivity contribution in [3.05, 3.63) is 23.0 Å². The van der Waals surface area contributed by atoms with Crippen LogP contribution in [-0.2, 0) is 0 Å². The van der Waals surface area contributed by atoms with E-state index >= 15 is 0 Å². The van der Waals surface area contributed by atoms with Crippen molar-refractivity contribution in [2.24, 2.45) is 0 Å². The third-order valence-corrected chi connectivity index (χ3v) is 1.60. The van der Waals surface area contributed by atoms with Gasteiger partial charge < -0.3 is 10.0 Å². The molecule has 0 fully saturated rings. The van der Waals surface area contributed by atoms with Crippen molar-refractivity contribution in [1.82, 2.24) is 4.98 Å². The lowest BCUT2D eigenvalue weighted by Gasteiger charge is -2.01. The molecule has 0 saturated heterocycles. The van der Waals surface area contributed by atoms with Crippen LogP contribution in [0.3, 0.4) is 0 Å². The fourth-order valence-corrected chi connectivity index (χ4v) is 1.02. The van der Waals surface area contributed by atoms with Crippen molar-refractivity contribution < 1.29 is 10.0 Å². The Morgan fingerprint density at radius 2 is 1.85 bits per heavy atom. The van der Waals surface area contributed by atoms with Crippen LogP contribution < -0.4 is 5.46 Å². The molecule has 2 N–H and O–H groups in total. The van der Waals surface area contributed by atoms with E-state index in [4.69, 9.17) is 21.6 Å². The summed E-state index contributed by atoms with van der Waals surface area (Å²) in [6.07, 6.45) is 0. The Labute approximate surface area is 83.5 Å². The van der Waals surface area contributed by atoms with Crippen LogP contribution in [0.15, 0.2) is 12.1 Å². The third kappa shape index (κ3) is 3.76. The molecule has 0 aromatic carbocycles. The number of pyridine rings is 1. The van der Waals surface area contributed by atoms with Crippen LogP contribution >= 0.6 is 11.6 Å². The molecule has 0 aliphatic heterocycles. The first kappa shape index (κ1) is 12.4. The van der Waals surface area contributed by atoms with Crippen molar-refractivity contribution in [1.29, 1.82) is 0 Å². The summed E-state index contributed by atoms with van der Waals surface area (Å²) in [5, 5.41) is 17.6. The van der Waals surface area contributed by atoms with Crippen LogP contribution in [0.1, 0.15) is 19.5 Å². The van der Waals surface area contributed by atoms with Crippen molar-refractivity contribution in [2.75, 3.05) is 0 Å². The van der Waals surface area contributed by atoms with Gasteiger partial charge in [0.1, 0.15) is 5.15 Å². The molecule has 0 aliphatic rings. The molecule has 1 aromatic heterocycles. The summed E-state index contributed by atoms with van der Waals surface area (Å²) in [7, 11) is -1.55. The fourth-order valence-electron chi connectivity index (χ4n) is 0.728. The molecule has 72 valence electrons. The van der Waals surface area contributed by atoms with E-state index in [1.807, 2.05) is 13.8 Å². The highest BCUT2D eigenvalue weighted by Crippen LogP contribution is 2.02. The molecule has 0 bridgehead atoms. The molecule has 0 amide bonds. The quantitative estimate of drug-likeness (QED) is 0.521. The molecule has 0 spiro atoms. The molecule has 3 nitrogen and oxygen atoms in total. The monoisotopic (exact) mass is 201 g/mol. The van der Waals surface area contributed by atoms with E-state index in [9.17, 15) is 0 Å². The van der Waals surface area contributed by atoms with Crippen LogP contribution in [0, 0.1) is 6.92 Å². The molecule has 0 aliphatic carbocycles. The molecule has 1 heterocycles. The summed E-state index contributed by atoms with van der Waals surface area (Å²) in [5.41, 5.74) is 0.983. The maximum absolute atomic E-state index is 8.73. The summed E-state index contributed by atoms with van der Waals surface area (Å²) < 4.78 is 0. The Hall–Kier alpha value is -0.575. The largest absolute Gasteiger partial charge is 0.491 e. The lowest BCUT2D eigenvalue weighted by Crippen LogP contribution is -2.31. The highest BCUT2D eigenvalue weighted by atomic mass is 35.5. The molecule has 0 unspecified atom stereocenters. The first-order valence-corrected chi connectivity index (χ1v) is 4.48. The first-order chi connectivity index (χ1) is 6.11. The molecule has 1 rings (SSSR count). The standard InChI is InChI=1S/C6H7BClNO2.C2H6/c1-4-2-3-5(7(10)11)6(8)9-4;1-2/h2-3,10-11H,1H3;1-2H3. The van der Waals surface area contributed by atoms with E-state index in [1.54, 1.807) is 13.0 Å². The second-order valence-corrected chi connectivity index (χ2v) is 2.56. The predicted octanol–water partition coefficient (Wildman–Crippen LogP) is 0.749. The molecular weight excluding hydrogens is 188 g/mol. The third-order valence-electron chi connectivity index (χ3n) is 1.29. The van der Waals surface area contributed by atoms with Crippen molar-refractivity contribution in [3.63, 3.8) is 0 Å². The first-order valence-electron chi connectivity index (χ1n) is 4.10. The molecule has 0 saturated carbocycles. The molecule has 5 heteroatoms.